The Labute approximate surface area is 114 Å². The molecule has 1 aromatic rings. The molecule has 0 saturated heterocycles. The normalized spacial score (nSPS) is 10.1. The number of ether oxygens (including phenoxy) is 1. The second kappa shape index (κ2) is 6.79. The van der Waals surface area contributed by atoms with Gasteiger partial charge in [-0.3, -0.25) is 4.79 Å². The zero-order chi connectivity index (χ0) is 14.4. The molecule has 0 unspecified atom stereocenters. The molecule has 4 nitrogen and oxygen atoms in total. The molecular weight excluding hydrogens is 240 g/mol. The zero-order valence-corrected chi connectivity index (χ0v) is 11.9. The van der Waals surface area contributed by atoms with E-state index in [0.29, 0.717) is 5.92 Å². The van der Waals surface area contributed by atoms with E-state index < -0.39 is 0 Å². The van der Waals surface area contributed by atoms with Gasteiger partial charge >= 0.3 is 0 Å². The monoisotopic (exact) mass is 260 g/mol. The van der Waals surface area contributed by atoms with Crippen molar-refractivity contribution in [3.05, 3.63) is 23.3 Å². The van der Waals surface area contributed by atoms with Crippen LogP contribution in [0.4, 0.5) is 5.69 Å². The van der Waals surface area contributed by atoms with Crippen LogP contribution in [0, 0.1) is 18.3 Å². The number of amides is 1. The Morgan fingerprint density at radius 1 is 1.47 bits per heavy atom. The number of hydrogen-bond donors (Lipinski definition) is 1. The van der Waals surface area contributed by atoms with Crippen molar-refractivity contribution in [1.29, 1.82) is 5.26 Å². The molecule has 0 fully saturated rings. The largest absolute Gasteiger partial charge is 0.496 e. The first-order chi connectivity index (χ1) is 8.99. The average molecular weight is 260 g/mol. The lowest BCUT2D eigenvalue weighted by Gasteiger charge is -2.16. The standard InChI is InChI=1S/C15H20N2O2/c1-10(2)12-9-13(11(3)8-14(12)19-4)17-15(18)6-5-7-16/h8-10H,5-6H2,1-4H3,(H,17,18). The molecule has 0 bridgehead atoms. The molecule has 4 heteroatoms. The third kappa shape index (κ3) is 3.99. The van der Waals surface area contributed by atoms with Crippen molar-refractivity contribution in [3.63, 3.8) is 0 Å². The van der Waals surface area contributed by atoms with E-state index in [-0.39, 0.29) is 18.7 Å². The predicted octanol–water partition coefficient (Wildman–Crippen LogP) is 3.37. The van der Waals surface area contributed by atoms with Crippen molar-refractivity contribution in [1.82, 2.24) is 0 Å². The van der Waals surface area contributed by atoms with E-state index in [4.69, 9.17) is 10.00 Å². The van der Waals surface area contributed by atoms with Gasteiger partial charge in [0.05, 0.1) is 13.2 Å². The Balaban J connectivity index is 2.99. The fraction of sp³-hybridized carbons (Fsp3) is 0.467. The third-order valence-corrected chi connectivity index (χ3v) is 2.94. The molecule has 1 aromatic carbocycles. The summed E-state index contributed by atoms with van der Waals surface area (Å²) >= 11 is 0. The van der Waals surface area contributed by atoms with Gasteiger partial charge in [0.2, 0.25) is 5.91 Å². The van der Waals surface area contributed by atoms with Crippen molar-refractivity contribution < 1.29 is 9.53 Å². The highest BCUT2D eigenvalue weighted by Gasteiger charge is 2.12. The van der Waals surface area contributed by atoms with Crippen LogP contribution in [0.1, 0.15) is 43.7 Å². The molecule has 0 aliphatic carbocycles. The summed E-state index contributed by atoms with van der Waals surface area (Å²) in [4.78, 5) is 11.7. The molecule has 0 aromatic heterocycles. The van der Waals surface area contributed by atoms with Crippen molar-refractivity contribution in [2.75, 3.05) is 12.4 Å². The molecule has 0 aliphatic heterocycles. The van der Waals surface area contributed by atoms with Gasteiger partial charge in [0.1, 0.15) is 5.75 Å². The first-order valence-electron chi connectivity index (χ1n) is 6.35. The average Bonchev–Trinajstić information content (AvgIpc) is 2.37. The molecule has 19 heavy (non-hydrogen) atoms. The number of methoxy groups -OCH3 is 1. The summed E-state index contributed by atoms with van der Waals surface area (Å²) in [7, 11) is 1.64. The van der Waals surface area contributed by atoms with Gasteiger partial charge in [0, 0.05) is 18.5 Å². The Bertz CT molecular complexity index is 502. The van der Waals surface area contributed by atoms with Gasteiger partial charge in [-0.15, -0.1) is 0 Å². The highest BCUT2D eigenvalue weighted by molar-refractivity contribution is 5.91. The molecule has 0 saturated carbocycles. The highest BCUT2D eigenvalue weighted by Crippen LogP contribution is 2.32. The van der Waals surface area contributed by atoms with Crippen LogP contribution in [-0.4, -0.2) is 13.0 Å². The molecule has 0 heterocycles. The molecule has 0 atom stereocenters. The quantitative estimate of drug-likeness (QED) is 0.882. The first-order valence-corrected chi connectivity index (χ1v) is 6.35. The van der Waals surface area contributed by atoms with Gasteiger partial charge < -0.3 is 10.1 Å². The Kier molecular flexibility index (Phi) is 5.37. The number of carbonyl (C=O) groups is 1. The molecule has 0 aliphatic rings. The van der Waals surface area contributed by atoms with E-state index in [1.54, 1.807) is 7.11 Å². The van der Waals surface area contributed by atoms with E-state index in [0.717, 1.165) is 22.6 Å². The fourth-order valence-electron chi connectivity index (χ4n) is 1.84. The van der Waals surface area contributed by atoms with E-state index in [1.165, 1.54) is 0 Å². The second-order valence-corrected chi connectivity index (χ2v) is 4.77. The lowest BCUT2D eigenvalue weighted by Crippen LogP contribution is -2.12. The second-order valence-electron chi connectivity index (χ2n) is 4.77. The summed E-state index contributed by atoms with van der Waals surface area (Å²) in [6.07, 6.45) is 0.455. The molecule has 102 valence electrons. The Morgan fingerprint density at radius 2 is 2.16 bits per heavy atom. The minimum Gasteiger partial charge on any atom is -0.496 e. The number of benzene rings is 1. The number of nitriles is 1. The van der Waals surface area contributed by atoms with Gasteiger partial charge in [-0.05, 0) is 36.1 Å². The van der Waals surface area contributed by atoms with Crippen LogP contribution in [-0.2, 0) is 4.79 Å². The van der Waals surface area contributed by atoms with Gasteiger partial charge in [-0.1, -0.05) is 13.8 Å². The lowest BCUT2D eigenvalue weighted by molar-refractivity contribution is -0.116. The van der Waals surface area contributed by atoms with Crippen LogP contribution in [0.2, 0.25) is 0 Å². The van der Waals surface area contributed by atoms with Gasteiger partial charge in [0.15, 0.2) is 0 Å². The number of carbonyl (C=O) groups excluding carboxylic acids is 1. The number of hydrogen-bond acceptors (Lipinski definition) is 3. The predicted molar refractivity (Wildman–Crippen MR) is 75.3 cm³/mol. The van der Waals surface area contributed by atoms with Gasteiger partial charge in [-0.2, -0.15) is 5.26 Å². The molecule has 0 spiro atoms. The SMILES string of the molecule is COc1cc(C)c(NC(=O)CCC#N)cc1C(C)C. The summed E-state index contributed by atoms with van der Waals surface area (Å²) < 4.78 is 5.36. The topological polar surface area (TPSA) is 62.1 Å². The maximum absolute atomic E-state index is 11.7. The smallest absolute Gasteiger partial charge is 0.225 e. The molecule has 1 rings (SSSR count). The number of nitrogens with one attached hydrogen (secondary N) is 1. The zero-order valence-electron chi connectivity index (χ0n) is 11.9. The van der Waals surface area contributed by atoms with Crippen LogP contribution >= 0.6 is 0 Å². The minimum absolute atomic E-state index is 0.135. The maximum atomic E-state index is 11.7. The fourth-order valence-corrected chi connectivity index (χ4v) is 1.84. The molecule has 1 N–H and O–H groups in total. The van der Waals surface area contributed by atoms with E-state index in [1.807, 2.05) is 25.1 Å². The highest BCUT2D eigenvalue weighted by atomic mass is 16.5. The van der Waals surface area contributed by atoms with Crippen LogP contribution in [0.15, 0.2) is 12.1 Å². The van der Waals surface area contributed by atoms with Crippen LogP contribution in [0.25, 0.3) is 0 Å². The van der Waals surface area contributed by atoms with Gasteiger partial charge in [-0.25, -0.2) is 0 Å². The third-order valence-electron chi connectivity index (χ3n) is 2.94. The summed E-state index contributed by atoms with van der Waals surface area (Å²) in [6.45, 7) is 6.08. The van der Waals surface area contributed by atoms with Crippen LogP contribution in [0.5, 0.6) is 5.75 Å². The van der Waals surface area contributed by atoms with Crippen molar-refractivity contribution in [3.8, 4) is 11.8 Å². The minimum atomic E-state index is -0.135. The van der Waals surface area contributed by atoms with Crippen molar-refractivity contribution in [2.24, 2.45) is 0 Å². The van der Waals surface area contributed by atoms with E-state index >= 15 is 0 Å². The van der Waals surface area contributed by atoms with Crippen LogP contribution in [0.3, 0.4) is 0 Å². The molecular formula is C15H20N2O2. The summed E-state index contributed by atoms with van der Waals surface area (Å²) in [5, 5.41) is 11.3. The molecule has 0 radical (unpaired) electrons. The summed E-state index contributed by atoms with van der Waals surface area (Å²) in [6, 6.07) is 5.84. The van der Waals surface area contributed by atoms with Crippen molar-refractivity contribution in [2.45, 2.75) is 39.5 Å². The summed E-state index contributed by atoms with van der Waals surface area (Å²) in [5.41, 5.74) is 2.79. The van der Waals surface area contributed by atoms with E-state index in [2.05, 4.69) is 19.2 Å². The lowest BCUT2D eigenvalue weighted by atomic mass is 9.99. The van der Waals surface area contributed by atoms with Crippen LogP contribution < -0.4 is 10.1 Å². The Morgan fingerprint density at radius 3 is 2.68 bits per heavy atom. The molecule has 1 amide bonds. The number of rotatable bonds is 5. The first kappa shape index (κ1) is 15.0. The number of anilines is 1. The number of aryl methyl sites for hydroxylation is 1. The maximum Gasteiger partial charge on any atom is 0.225 e. The van der Waals surface area contributed by atoms with Gasteiger partial charge in [0.25, 0.3) is 0 Å². The summed E-state index contributed by atoms with van der Waals surface area (Å²) in [5.74, 6) is 1.01. The van der Waals surface area contributed by atoms with E-state index in [9.17, 15) is 4.79 Å². The Hall–Kier alpha value is -2.02. The van der Waals surface area contributed by atoms with Crippen molar-refractivity contribution >= 4 is 11.6 Å². The number of nitrogens with zero attached hydrogens (tertiary/aromatic N) is 1.